The molecule has 7 nitrogen and oxygen atoms in total. The van der Waals surface area contributed by atoms with Crippen LogP contribution in [0.25, 0.3) is 0 Å². The van der Waals surface area contributed by atoms with Crippen molar-refractivity contribution in [2.75, 3.05) is 12.4 Å². The second-order valence-electron chi connectivity index (χ2n) is 4.96. The maximum atomic E-state index is 12.4. The van der Waals surface area contributed by atoms with Crippen LogP contribution in [0, 0.1) is 17.2 Å². The van der Waals surface area contributed by atoms with Crippen molar-refractivity contribution in [1.29, 1.82) is 5.26 Å². The molecule has 2 N–H and O–H groups in total. The van der Waals surface area contributed by atoms with Crippen LogP contribution in [0.2, 0.25) is 5.02 Å². The second kappa shape index (κ2) is 5.74. The molecule has 1 aliphatic rings. The zero-order chi connectivity index (χ0) is 16.6. The molecule has 116 valence electrons. The number of nitriles is 1. The van der Waals surface area contributed by atoms with E-state index < -0.39 is 23.3 Å². The highest BCUT2D eigenvalue weighted by Gasteiger charge is 2.40. The molecule has 0 bridgehead atoms. The molecule has 0 fully saturated rings. The molecular weight excluding hydrogens is 320 g/mol. The summed E-state index contributed by atoms with van der Waals surface area (Å²) in [6.45, 7) is 0. The SMILES string of the molecule is COc1nc2c(c(=O)[nH]1)C(c1ccc(Cl)cc1)C(C#N)C(=O)N2. The van der Waals surface area contributed by atoms with Crippen molar-refractivity contribution in [1.82, 2.24) is 9.97 Å². The van der Waals surface area contributed by atoms with E-state index in [2.05, 4.69) is 15.3 Å². The first kappa shape index (κ1) is 15.1. The molecule has 2 atom stereocenters. The number of halogens is 1. The van der Waals surface area contributed by atoms with Crippen LogP contribution in [-0.2, 0) is 4.79 Å². The van der Waals surface area contributed by atoms with Crippen molar-refractivity contribution < 1.29 is 9.53 Å². The average molecular weight is 331 g/mol. The molecule has 2 heterocycles. The fraction of sp³-hybridized carbons (Fsp3) is 0.200. The minimum Gasteiger partial charge on any atom is -0.468 e. The van der Waals surface area contributed by atoms with Crippen LogP contribution in [0.1, 0.15) is 17.0 Å². The Labute approximate surface area is 135 Å². The molecule has 1 aromatic carbocycles. The van der Waals surface area contributed by atoms with Gasteiger partial charge in [-0.3, -0.25) is 14.6 Å². The molecule has 1 amide bonds. The van der Waals surface area contributed by atoms with Crippen molar-refractivity contribution in [3.8, 4) is 12.1 Å². The lowest BCUT2D eigenvalue weighted by molar-refractivity contribution is -0.119. The third kappa shape index (κ3) is 2.53. The van der Waals surface area contributed by atoms with Crippen LogP contribution in [0.15, 0.2) is 29.1 Å². The first-order chi connectivity index (χ1) is 11.0. The summed E-state index contributed by atoms with van der Waals surface area (Å²) in [6.07, 6.45) is 0. The number of nitrogens with one attached hydrogen (secondary N) is 2. The van der Waals surface area contributed by atoms with Gasteiger partial charge in [0.15, 0.2) is 0 Å². The quantitative estimate of drug-likeness (QED) is 0.870. The Morgan fingerprint density at radius 2 is 2.00 bits per heavy atom. The van der Waals surface area contributed by atoms with E-state index in [0.29, 0.717) is 10.6 Å². The third-order valence-electron chi connectivity index (χ3n) is 3.66. The number of hydrogen-bond acceptors (Lipinski definition) is 5. The van der Waals surface area contributed by atoms with Crippen LogP contribution >= 0.6 is 11.6 Å². The molecule has 2 unspecified atom stereocenters. The van der Waals surface area contributed by atoms with Crippen LogP contribution in [0.4, 0.5) is 5.82 Å². The van der Waals surface area contributed by atoms with E-state index in [4.69, 9.17) is 16.3 Å². The van der Waals surface area contributed by atoms with Gasteiger partial charge in [-0.05, 0) is 17.7 Å². The van der Waals surface area contributed by atoms with Gasteiger partial charge in [-0.1, -0.05) is 23.7 Å². The summed E-state index contributed by atoms with van der Waals surface area (Å²) in [5.41, 5.74) is 0.390. The number of H-pyrrole nitrogens is 1. The largest absolute Gasteiger partial charge is 0.468 e. The van der Waals surface area contributed by atoms with Gasteiger partial charge in [-0.2, -0.15) is 10.2 Å². The first-order valence-corrected chi connectivity index (χ1v) is 7.07. The number of amides is 1. The summed E-state index contributed by atoms with van der Waals surface area (Å²) < 4.78 is 4.91. The number of carbonyl (C=O) groups excluding carboxylic acids is 1. The van der Waals surface area contributed by atoms with Crippen LogP contribution in [0.3, 0.4) is 0 Å². The molecule has 0 saturated carbocycles. The Morgan fingerprint density at radius 3 is 2.61 bits per heavy atom. The summed E-state index contributed by atoms with van der Waals surface area (Å²) in [4.78, 5) is 31.1. The minimum absolute atomic E-state index is 0.0145. The van der Waals surface area contributed by atoms with E-state index in [0.717, 1.165) is 0 Å². The summed E-state index contributed by atoms with van der Waals surface area (Å²) in [6, 6.07) is 8.59. The second-order valence-corrected chi connectivity index (χ2v) is 5.40. The fourth-order valence-corrected chi connectivity index (χ4v) is 2.74. The van der Waals surface area contributed by atoms with Gasteiger partial charge in [0.05, 0.1) is 18.7 Å². The molecule has 23 heavy (non-hydrogen) atoms. The van der Waals surface area contributed by atoms with E-state index in [-0.39, 0.29) is 17.4 Å². The van der Waals surface area contributed by atoms with E-state index in [1.807, 2.05) is 6.07 Å². The average Bonchev–Trinajstić information content (AvgIpc) is 2.54. The van der Waals surface area contributed by atoms with Crippen molar-refractivity contribution in [2.24, 2.45) is 5.92 Å². The maximum Gasteiger partial charge on any atom is 0.298 e. The third-order valence-corrected chi connectivity index (χ3v) is 3.92. The molecule has 0 saturated heterocycles. The summed E-state index contributed by atoms with van der Waals surface area (Å²) >= 11 is 5.88. The molecule has 2 aromatic rings. The van der Waals surface area contributed by atoms with Crippen molar-refractivity contribution in [2.45, 2.75) is 5.92 Å². The maximum absolute atomic E-state index is 12.4. The molecule has 1 aliphatic heterocycles. The highest BCUT2D eigenvalue weighted by Crippen LogP contribution is 2.38. The topological polar surface area (TPSA) is 108 Å². The number of carbonyl (C=O) groups is 1. The number of methoxy groups -OCH3 is 1. The molecule has 8 heteroatoms. The predicted octanol–water partition coefficient (Wildman–Crippen LogP) is 1.66. The van der Waals surface area contributed by atoms with Gasteiger partial charge in [-0.25, -0.2) is 0 Å². The molecular formula is C15H11ClN4O3. The molecule has 1 aromatic heterocycles. The predicted molar refractivity (Wildman–Crippen MR) is 82.4 cm³/mol. The summed E-state index contributed by atoms with van der Waals surface area (Å²) in [5.74, 6) is -2.19. The van der Waals surface area contributed by atoms with E-state index >= 15 is 0 Å². The fourth-order valence-electron chi connectivity index (χ4n) is 2.62. The summed E-state index contributed by atoms with van der Waals surface area (Å²) in [5, 5.41) is 12.4. The van der Waals surface area contributed by atoms with Crippen LogP contribution < -0.4 is 15.6 Å². The van der Waals surface area contributed by atoms with Crippen LogP contribution in [-0.4, -0.2) is 23.0 Å². The first-order valence-electron chi connectivity index (χ1n) is 6.69. The standard InChI is InChI=1S/C15H11ClN4O3/c1-23-15-19-12-11(14(22)20-15)10(9(6-17)13(21)18-12)7-2-4-8(16)5-3-7/h2-5,9-10H,1H3,(H2,18,19,20,21,22). The van der Waals surface area contributed by atoms with Crippen molar-refractivity contribution in [3.05, 3.63) is 50.8 Å². The minimum atomic E-state index is -1.04. The molecule has 0 spiro atoms. The Kier molecular flexibility index (Phi) is 3.76. The van der Waals surface area contributed by atoms with Gasteiger partial charge in [-0.15, -0.1) is 0 Å². The highest BCUT2D eigenvalue weighted by molar-refractivity contribution is 6.30. The monoisotopic (exact) mass is 330 g/mol. The van der Waals surface area contributed by atoms with Gasteiger partial charge in [0.25, 0.3) is 11.6 Å². The number of hydrogen-bond donors (Lipinski definition) is 2. The lowest BCUT2D eigenvalue weighted by atomic mass is 9.79. The van der Waals surface area contributed by atoms with Crippen molar-refractivity contribution >= 4 is 23.3 Å². The molecule has 3 rings (SSSR count). The van der Waals surface area contributed by atoms with Gasteiger partial charge in [0, 0.05) is 10.9 Å². The van der Waals surface area contributed by atoms with Gasteiger partial charge in [0.2, 0.25) is 5.91 Å². The number of aromatic nitrogens is 2. The Hall–Kier alpha value is -2.85. The van der Waals surface area contributed by atoms with E-state index in [1.165, 1.54) is 7.11 Å². The van der Waals surface area contributed by atoms with Gasteiger partial charge >= 0.3 is 0 Å². The highest BCUT2D eigenvalue weighted by atomic mass is 35.5. The molecule has 0 radical (unpaired) electrons. The Bertz CT molecular complexity index is 870. The number of rotatable bonds is 2. The smallest absolute Gasteiger partial charge is 0.298 e. The normalized spacial score (nSPS) is 19.4. The number of benzene rings is 1. The van der Waals surface area contributed by atoms with Crippen LogP contribution in [0.5, 0.6) is 6.01 Å². The summed E-state index contributed by atoms with van der Waals surface area (Å²) in [7, 11) is 1.35. The Balaban J connectivity index is 2.25. The van der Waals surface area contributed by atoms with E-state index in [9.17, 15) is 14.9 Å². The zero-order valence-electron chi connectivity index (χ0n) is 12.0. The lowest BCUT2D eigenvalue weighted by Crippen LogP contribution is -2.38. The van der Waals surface area contributed by atoms with Crippen molar-refractivity contribution in [3.63, 3.8) is 0 Å². The number of anilines is 1. The number of ether oxygens (including phenoxy) is 1. The molecule has 0 aliphatic carbocycles. The Morgan fingerprint density at radius 1 is 1.30 bits per heavy atom. The number of fused-ring (bicyclic) bond motifs is 1. The zero-order valence-corrected chi connectivity index (χ0v) is 12.7. The number of aromatic amines is 1. The lowest BCUT2D eigenvalue weighted by Gasteiger charge is -2.28. The number of nitrogens with zero attached hydrogens (tertiary/aromatic N) is 2. The van der Waals surface area contributed by atoms with E-state index in [1.54, 1.807) is 24.3 Å². The van der Waals surface area contributed by atoms with Gasteiger partial charge < -0.3 is 10.1 Å². The van der Waals surface area contributed by atoms with Gasteiger partial charge in [0.1, 0.15) is 11.7 Å².